The minimum Gasteiger partial charge on any atom is -0.466 e. The molecule has 0 saturated carbocycles. The van der Waals surface area contributed by atoms with Crippen molar-refractivity contribution in [2.24, 2.45) is 0 Å². The van der Waals surface area contributed by atoms with Gasteiger partial charge in [0.25, 0.3) is 0 Å². The van der Waals surface area contributed by atoms with E-state index < -0.39 is 0 Å². The first-order valence-electron chi connectivity index (χ1n) is 5.59. The zero-order chi connectivity index (χ0) is 12.5. The van der Waals surface area contributed by atoms with Gasteiger partial charge in [-0.15, -0.1) is 10.2 Å². The minimum absolute atomic E-state index is 0.1000. The molecule has 1 aromatic rings. The number of unbranched alkanes of at least 4 members (excludes halogenated alkanes) is 2. The van der Waals surface area contributed by atoms with Gasteiger partial charge in [-0.05, 0) is 19.8 Å². The highest BCUT2D eigenvalue weighted by atomic mass is 32.2. The van der Waals surface area contributed by atoms with Crippen molar-refractivity contribution in [2.45, 2.75) is 36.9 Å². The first-order chi connectivity index (χ1) is 8.22. The van der Waals surface area contributed by atoms with E-state index in [0.717, 1.165) is 29.4 Å². The molecular formula is C10H17N3O2S2. The summed E-state index contributed by atoms with van der Waals surface area (Å²) in [6, 6.07) is 0. The van der Waals surface area contributed by atoms with Gasteiger partial charge < -0.3 is 10.5 Å². The Morgan fingerprint density at radius 1 is 1.41 bits per heavy atom. The quantitative estimate of drug-likeness (QED) is 0.446. The molecule has 1 aromatic heterocycles. The van der Waals surface area contributed by atoms with E-state index in [1.54, 1.807) is 11.8 Å². The van der Waals surface area contributed by atoms with Gasteiger partial charge in [-0.3, -0.25) is 4.79 Å². The van der Waals surface area contributed by atoms with Crippen molar-refractivity contribution in [1.29, 1.82) is 0 Å². The number of hydrogen-bond acceptors (Lipinski definition) is 7. The molecule has 0 fully saturated rings. The molecule has 0 aliphatic rings. The number of nitrogen functional groups attached to an aromatic ring is 1. The maximum atomic E-state index is 11.0. The monoisotopic (exact) mass is 275 g/mol. The van der Waals surface area contributed by atoms with Gasteiger partial charge in [-0.1, -0.05) is 29.5 Å². The summed E-state index contributed by atoms with van der Waals surface area (Å²) in [5.74, 6) is 0.884. The third-order valence-corrected chi connectivity index (χ3v) is 3.95. The molecule has 0 aromatic carbocycles. The van der Waals surface area contributed by atoms with Crippen LogP contribution in [0.15, 0.2) is 4.34 Å². The van der Waals surface area contributed by atoms with Crippen LogP contribution in [-0.2, 0) is 9.53 Å². The molecule has 7 heteroatoms. The molecule has 0 aliphatic heterocycles. The molecular weight excluding hydrogens is 258 g/mol. The summed E-state index contributed by atoms with van der Waals surface area (Å²) >= 11 is 3.07. The van der Waals surface area contributed by atoms with Crippen LogP contribution in [0.2, 0.25) is 0 Å². The SMILES string of the molecule is CCOC(=O)CCCCCSc1nnc(N)s1. The van der Waals surface area contributed by atoms with E-state index in [4.69, 9.17) is 10.5 Å². The number of hydrogen-bond donors (Lipinski definition) is 1. The molecule has 0 radical (unpaired) electrons. The number of nitrogens with two attached hydrogens (primary N) is 1. The molecule has 0 amide bonds. The molecule has 0 spiro atoms. The highest BCUT2D eigenvalue weighted by Crippen LogP contribution is 2.24. The topological polar surface area (TPSA) is 78.1 Å². The molecule has 0 saturated heterocycles. The molecule has 0 bridgehead atoms. The Bertz CT molecular complexity index is 344. The second-order valence-corrected chi connectivity index (χ2v) is 5.72. The molecule has 5 nitrogen and oxygen atoms in total. The molecule has 1 rings (SSSR count). The second kappa shape index (κ2) is 8.30. The number of carbonyl (C=O) groups is 1. The van der Waals surface area contributed by atoms with Gasteiger partial charge in [0.1, 0.15) is 0 Å². The Balaban J connectivity index is 1.96. The number of rotatable bonds is 8. The van der Waals surface area contributed by atoms with Crippen molar-refractivity contribution in [3.05, 3.63) is 0 Å². The number of nitrogens with zero attached hydrogens (tertiary/aromatic N) is 2. The Morgan fingerprint density at radius 3 is 2.88 bits per heavy atom. The summed E-state index contributed by atoms with van der Waals surface area (Å²) in [6.45, 7) is 2.29. The highest BCUT2D eigenvalue weighted by molar-refractivity contribution is 8.01. The van der Waals surface area contributed by atoms with Crippen molar-refractivity contribution < 1.29 is 9.53 Å². The second-order valence-electron chi connectivity index (χ2n) is 3.37. The summed E-state index contributed by atoms with van der Waals surface area (Å²) in [5.41, 5.74) is 5.47. The van der Waals surface area contributed by atoms with Crippen molar-refractivity contribution in [3.8, 4) is 0 Å². The Hall–Kier alpha value is -0.820. The Labute approximate surface area is 109 Å². The maximum Gasteiger partial charge on any atom is 0.305 e. The zero-order valence-corrected chi connectivity index (χ0v) is 11.5. The third kappa shape index (κ3) is 6.48. The van der Waals surface area contributed by atoms with E-state index in [1.807, 2.05) is 6.92 Å². The van der Waals surface area contributed by atoms with Crippen LogP contribution in [0.5, 0.6) is 0 Å². The van der Waals surface area contributed by atoms with E-state index in [9.17, 15) is 4.79 Å². The minimum atomic E-state index is -0.1000. The van der Waals surface area contributed by atoms with E-state index in [2.05, 4.69) is 10.2 Å². The number of carbonyl (C=O) groups excluding carboxylic acids is 1. The standard InChI is InChI=1S/C10H17N3O2S2/c1-2-15-8(14)6-4-3-5-7-16-10-13-12-9(11)17-10/h2-7H2,1H3,(H2,11,12). The predicted octanol–water partition coefficient (Wildman–Crippen LogP) is 2.34. The largest absolute Gasteiger partial charge is 0.466 e. The van der Waals surface area contributed by atoms with Crippen LogP contribution in [0.25, 0.3) is 0 Å². The average Bonchev–Trinajstić information content (AvgIpc) is 2.70. The number of aromatic nitrogens is 2. The molecule has 1 heterocycles. The van der Waals surface area contributed by atoms with Gasteiger partial charge in [0.15, 0.2) is 4.34 Å². The van der Waals surface area contributed by atoms with Crippen LogP contribution < -0.4 is 5.73 Å². The van der Waals surface area contributed by atoms with Crippen molar-refractivity contribution in [3.63, 3.8) is 0 Å². The number of esters is 1. The molecule has 0 atom stereocenters. The maximum absolute atomic E-state index is 11.0. The Morgan fingerprint density at radius 2 is 2.24 bits per heavy atom. The summed E-state index contributed by atoms with van der Waals surface area (Å²) in [6.07, 6.45) is 3.49. The lowest BCUT2D eigenvalue weighted by Crippen LogP contribution is -2.03. The highest BCUT2D eigenvalue weighted by Gasteiger charge is 2.03. The lowest BCUT2D eigenvalue weighted by Gasteiger charge is -2.01. The fraction of sp³-hybridized carbons (Fsp3) is 0.700. The van der Waals surface area contributed by atoms with Gasteiger partial charge in [-0.2, -0.15) is 0 Å². The lowest BCUT2D eigenvalue weighted by atomic mass is 10.2. The van der Waals surface area contributed by atoms with Gasteiger partial charge in [0.05, 0.1) is 6.61 Å². The molecule has 0 unspecified atom stereocenters. The van der Waals surface area contributed by atoms with Gasteiger partial charge in [0.2, 0.25) is 5.13 Å². The third-order valence-electron chi connectivity index (χ3n) is 1.98. The van der Waals surface area contributed by atoms with E-state index in [-0.39, 0.29) is 5.97 Å². The number of thioether (sulfide) groups is 1. The predicted molar refractivity (Wildman–Crippen MR) is 70.1 cm³/mol. The van der Waals surface area contributed by atoms with Crippen LogP contribution in [0.3, 0.4) is 0 Å². The van der Waals surface area contributed by atoms with Gasteiger partial charge in [-0.25, -0.2) is 0 Å². The lowest BCUT2D eigenvalue weighted by molar-refractivity contribution is -0.143. The summed E-state index contributed by atoms with van der Waals surface area (Å²) < 4.78 is 5.76. The summed E-state index contributed by atoms with van der Waals surface area (Å²) in [5, 5.41) is 8.17. The Kier molecular flexibility index (Phi) is 6.95. The van der Waals surface area contributed by atoms with Crippen LogP contribution in [0.4, 0.5) is 5.13 Å². The first kappa shape index (κ1) is 14.2. The number of anilines is 1. The molecule has 0 aliphatic carbocycles. The van der Waals surface area contributed by atoms with Crippen molar-refractivity contribution in [1.82, 2.24) is 10.2 Å². The van der Waals surface area contributed by atoms with Crippen LogP contribution in [0.1, 0.15) is 32.6 Å². The smallest absolute Gasteiger partial charge is 0.305 e. The molecule has 2 N–H and O–H groups in total. The van der Waals surface area contributed by atoms with Crippen LogP contribution >= 0.6 is 23.1 Å². The fourth-order valence-electron chi connectivity index (χ4n) is 1.22. The van der Waals surface area contributed by atoms with Gasteiger partial charge >= 0.3 is 5.97 Å². The van der Waals surface area contributed by atoms with Crippen molar-refractivity contribution >= 4 is 34.2 Å². The van der Waals surface area contributed by atoms with Crippen molar-refractivity contribution in [2.75, 3.05) is 18.1 Å². The zero-order valence-electron chi connectivity index (χ0n) is 9.85. The van der Waals surface area contributed by atoms with E-state index in [1.165, 1.54) is 11.3 Å². The summed E-state index contributed by atoms with van der Waals surface area (Å²) in [7, 11) is 0. The van der Waals surface area contributed by atoms with E-state index in [0.29, 0.717) is 18.2 Å². The van der Waals surface area contributed by atoms with Gasteiger partial charge in [0, 0.05) is 12.2 Å². The number of ether oxygens (including phenoxy) is 1. The first-order valence-corrected chi connectivity index (χ1v) is 7.40. The summed E-state index contributed by atoms with van der Waals surface area (Å²) in [4.78, 5) is 11.0. The average molecular weight is 275 g/mol. The fourth-order valence-corrected chi connectivity index (χ4v) is 2.93. The normalized spacial score (nSPS) is 10.4. The van der Waals surface area contributed by atoms with Crippen LogP contribution in [-0.4, -0.2) is 28.5 Å². The molecule has 17 heavy (non-hydrogen) atoms. The van der Waals surface area contributed by atoms with E-state index >= 15 is 0 Å². The molecule has 96 valence electrons. The van der Waals surface area contributed by atoms with Crippen LogP contribution in [0, 0.1) is 0 Å².